The lowest BCUT2D eigenvalue weighted by Crippen LogP contribution is -1.66. The van der Waals surface area contributed by atoms with Gasteiger partial charge in [-0.3, -0.25) is 5.14 Å². The molecule has 0 aliphatic rings. The maximum absolute atomic E-state index is 5.04. The van der Waals surface area contributed by atoms with E-state index in [1.165, 1.54) is 11.9 Å². The molecule has 0 aromatic rings. The lowest BCUT2D eigenvalue weighted by Gasteiger charge is -1.72. The molecule has 2 heteroatoms. The Morgan fingerprint density at radius 2 is 2.50 bits per heavy atom. The molecule has 0 aliphatic carbocycles. The van der Waals surface area contributed by atoms with Crippen LogP contribution in [0.5, 0.6) is 0 Å². The van der Waals surface area contributed by atoms with Gasteiger partial charge in [0.25, 0.3) is 0 Å². The second-order valence-corrected chi connectivity index (χ2v) is 1.46. The average Bonchev–Trinajstić information content (AvgIpc) is 1.61. The van der Waals surface area contributed by atoms with Crippen LogP contribution < -0.4 is 5.14 Å². The predicted molar refractivity (Wildman–Crippen MR) is 31.2 cm³/mol. The number of rotatable bonds is 2. The first-order chi connectivity index (χ1) is 2.91. The summed E-state index contributed by atoms with van der Waals surface area (Å²) >= 11 is 1.25. The fourth-order valence-corrected chi connectivity index (χ4v) is 0.455. The van der Waals surface area contributed by atoms with Gasteiger partial charge in [-0.15, -0.1) is 0 Å². The van der Waals surface area contributed by atoms with E-state index in [1.54, 1.807) is 0 Å². The molecule has 0 saturated heterocycles. The van der Waals surface area contributed by atoms with E-state index in [-0.39, 0.29) is 0 Å². The number of hydrogen-bond acceptors (Lipinski definition) is 2. The average molecular weight is 103 g/mol. The SMILES string of the molecule is CC/C=C/SN. The summed E-state index contributed by atoms with van der Waals surface area (Å²) in [6.07, 6.45) is 3.09. The molecule has 0 radical (unpaired) electrons. The van der Waals surface area contributed by atoms with Crippen molar-refractivity contribution in [1.29, 1.82) is 0 Å². The van der Waals surface area contributed by atoms with E-state index in [4.69, 9.17) is 5.14 Å². The topological polar surface area (TPSA) is 26.0 Å². The highest BCUT2D eigenvalue weighted by Crippen LogP contribution is 1.88. The Balaban J connectivity index is 2.73. The third-order valence-electron chi connectivity index (χ3n) is 0.410. The van der Waals surface area contributed by atoms with Gasteiger partial charge in [0.05, 0.1) is 0 Å². The standard InChI is InChI=1S/C4H9NS/c1-2-3-4-6-5/h3-4H,2,5H2,1H3/b4-3+. The van der Waals surface area contributed by atoms with E-state index < -0.39 is 0 Å². The highest BCUT2D eigenvalue weighted by molar-refractivity contribution is 7.99. The van der Waals surface area contributed by atoms with Crippen molar-refractivity contribution in [2.24, 2.45) is 5.14 Å². The lowest BCUT2D eigenvalue weighted by atomic mass is 10.5. The molecule has 0 rings (SSSR count). The van der Waals surface area contributed by atoms with Crippen LogP contribution in [0.15, 0.2) is 11.5 Å². The van der Waals surface area contributed by atoms with Crippen LogP contribution in [-0.2, 0) is 0 Å². The van der Waals surface area contributed by atoms with Gasteiger partial charge in [-0.2, -0.15) is 0 Å². The zero-order valence-electron chi connectivity index (χ0n) is 3.85. The monoisotopic (exact) mass is 103 g/mol. The molecule has 1 nitrogen and oxygen atoms in total. The first kappa shape index (κ1) is 6.05. The molecule has 0 aromatic carbocycles. The second kappa shape index (κ2) is 5.05. The molecule has 0 spiro atoms. The molecule has 2 N–H and O–H groups in total. The van der Waals surface area contributed by atoms with Crippen molar-refractivity contribution >= 4 is 11.9 Å². The quantitative estimate of drug-likeness (QED) is 0.536. The van der Waals surface area contributed by atoms with Crippen LogP contribution in [0.4, 0.5) is 0 Å². The molecule has 0 atom stereocenters. The van der Waals surface area contributed by atoms with Crippen molar-refractivity contribution in [2.75, 3.05) is 0 Å². The van der Waals surface area contributed by atoms with Crippen molar-refractivity contribution in [3.05, 3.63) is 11.5 Å². The molecule has 0 heterocycles. The maximum atomic E-state index is 5.04. The highest BCUT2D eigenvalue weighted by Gasteiger charge is 1.60. The lowest BCUT2D eigenvalue weighted by molar-refractivity contribution is 1.23. The summed E-state index contributed by atoms with van der Waals surface area (Å²) in [5.41, 5.74) is 0. The normalized spacial score (nSPS) is 10.3. The molecule has 6 heavy (non-hydrogen) atoms. The minimum atomic E-state index is 1.07. The van der Waals surface area contributed by atoms with Gasteiger partial charge in [-0.05, 0) is 11.8 Å². The Morgan fingerprint density at radius 1 is 1.83 bits per heavy atom. The molecular formula is C4H9NS. The molecule has 36 valence electrons. The minimum absolute atomic E-state index is 1.07. The van der Waals surface area contributed by atoms with Crippen molar-refractivity contribution in [3.8, 4) is 0 Å². The van der Waals surface area contributed by atoms with Gasteiger partial charge in [0.2, 0.25) is 0 Å². The summed E-state index contributed by atoms with van der Waals surface area (Å²) in [6.45, 7) is 2.08. The predicted octanol–water partition coefficient (Wildman–Crippen LogP) is 1.52. The molecule has 0 amide bonds. The largest absolute Gasteiger partial charge is 0.274 e. The van der Waals surface area contributed by atoms with Crippen LogP contribution in [0.1, 0.15) is 13.3 Å². The van der Waals surface area contributed by atoms with Crippen molar-refractivity contribution in [1.82, 2.24) is 0 Å². The first-order valence-corrected chi connectivity index (χ1v) is 2.86. The van der Waals surface area contributed by atoms with Crippen molar-refractivity contribution in [2.45, 2.75) is 13.3 Å². The Morgan fingerprint density at radius 3 is 2.67 bits per heavy atom. The van der Waals surface area contributed by atoms with Crippen LogP contribution in [0.2, 0.25) is 0 Å². The van der Waals surface area contributed by atoms with E-state index in [9.17, 15) is 0 Å². The van der Waals surface area contributed by atoms with Gasteiger partial charge in [-0.1, -0.05) is 24.9 Å². The van der Waals surface area contributed by atoms with E-state index in [0.717, 1.165) is 6.42 Å². The smallest absolute Gasteiger partial charge is 0.0178 e. The van der Waals surface area contributed by atoms with Crippen LogP contribution >= 0.6 is 11.9 Å². The molecular weight excluding hydrogens is 94.1 g/mol. The minimum Gasteiger partial charge on any atom is -0.274 e. The van der Waals surface area contributed by atoms with Gasteiger partial charge < -0.3 is 0 Å². The maximum Gasteiger partial charge on any atom is -0.0178 e. The number of allylic oxidation sites excluding steroid dienone is 1. The third kappa shape index (κ3) is 4.05. The zero-order chi connectivity index (χ0) is 4.83. The van der Waals surface area contributed by atoms with Gasteiger partial charge in [0, 0.05) is 0 Å². The number of hydrogen-bond donors (Lipinski definition) is 1. The molecule has 0 aromatic heterocycles. The van der Waals surface area contributed by atoms with Crippen LogP contribution in [0.3, 0.4) is 0 Å². The highest BCUT2D eigenvalue weighted by atomic mass is 32.2. The van der Waals surface area contributed by atoms with E-state index in [2.05, 4.69) is 6.92 Å². The van der Waals surface area contributed by atoms with E-state index >= 15 is 0 Å². The summed E-state index contributed by atoms with van der Waals surface area (Å²) in [5.74, 6) is 0. The Labute approximate surface area is 42.7 Å². The molecule has 0 unspecified atom stereocenters. The summed E-state index contributed by atoms with van der Waals surface area (Å²) in [4.78, 5) is 0. The first-order valence-electron chi connectivity index (χ1n) is 1.92. The van der Waals surface area contributed by atoms with Crippen molar-refractivity contribution in [3.63, 3.8) is 0 Å². The summed E-state index contributed by atoms with van der Waals surface area (Å²) in [6, 6.07) is 0. The fourth-order valence-electron chi connectivity index (χ4n) is 0.152. The van der Waals surface area contributed by atoms with E-state index in [1.807, 2.05) is 11.5 Å². The summed E-state index contributed by atoms with van der Waals surface area (Å²) in [7, 11) is 0. The molecule has 0 fully saturated rings. The third-order valence-corrected chi connectivity index (χ3v) is 0.760. The molecule has 0 aliphatic heterocycles. The van der Waals surface area contributed by atoms with E-state index in [0.29, 0.717) is 0 Å². The zero-order valence-corrected chi connectivity index (χ0v) is 4.66. The summed E-state index contributed by atoms with van der Waals surface area (Å²) < 4.78 is 0. The molecule has 0 bridgehead atoms. The van der Waals surface area contributed by atoms with Gasteiger partial charge in [0.15, 0.2) is 0 Å². The Bertz CT molecular complexity index is 36.8. The van der Waals surface area contributed by atoms with Crippen LogP contribution in [0, 0.1) is 0 Å². The summed E-state index contributed by atoms with van der Waals surface area (Å²) in [5, 5.41) is 6.92. The van der Waals surface area contributed by atoms with Gasteiger partial charge in [-0.25, -0.2) is 0 Å². The van der Waals surface area contributed by atoms with Crippen LogP contribution in [-0.4, -0.2) is 0 Å². The fraction of sp³-hybridized carbons (Fsp3) is 0.500. The molecule has 0 saturated carbocycles. The van der Waals surface area contributed by atoms with Crippen molar-refractivity contribution < 1.29 is 0 Å². The van der Waals surface area contributed by atoms with Crippen LogP contribution in [0.25, 0.3) is 0 Å². The second-order valence-electron chi connectivity index (χ2n) is 0.916. The number of nitrogens with two attached hydrogens (primary N) is 1. The van der Waals surface area contributed by atoms with Gasteiger partial charge >= 0.3 is 0 Å². The van der Waals surface area contributed by atoms with Gasteiger partial charge in [0.1, 0.15) is 0 Å². The Hall–Kier alpha value is 0.0500. The Kier molecular flexibility index (Phi) is 5.09.